The zero-order valence-electron chi connectivity index (χ0n) is 33.1. The van der Waals surface area contributed by atoms with Crippen LogP contribution in [0.1, 0.15) is 51.0 Å². The molecule has 3 aromatic rings. The van der Waals surface area contributed by atoms with E-state index in [4.69, 9.17) is 35.4 Å². The first kappa shape index (κ1) is 44.7. The summed E-state index contributed by atoms with van der Waals surface area (Å²) in [6.45, 7) is 9.39. The van der Waals surface area contributed by atoms with Gasteiger partial charge in [0.2, 0.25) is 11.8 Å². The van der Waals surface area contributed by atoms with Gasteiger partial charge in [-0.2, -0.15) is 0 Å². The molecule has 0 bridgehead atoms. The van der Waals surface area contributed by atoms with E-state index in [9.17, 15) is 19.2 Å². The molecule has 16 heteroatoms. The molecule has 0 saturated heterocycles. The zero-order chi connectivity index (χ0) is 41.2. The van der Waals surface area contributed by atoms with Crippen molar-refractivity contribution < 1.29 is 42.5 Å². The van der Waals surface area contributed by atoms with E-state index in [0.29, 0.717) is 76.3 Å². The SMILES string of the molecule is CC(C)(C)C(c1nc(-c2cc(N)ccc2F)cn1Cc1ccccc1)N(CCCN)C(=O)CNC(=O)CCOCCOCCOCCOCCN1C(=O)C=CC1=O. The number of amides is 4. The number of rotatable bonds is 25. The number of imide groups is 1. The van der Waals surface area contributed by atoms with Crippen LogP contribution in [0, 0.1) is 11.2 Å². The van der Waals surface area contributed by atoms with Crippen molar-refractivity contribution in [2.24, 2.45) is 11.1 Å². The van der Waals surface area contributed by atoms with Gasteiger partial charge in [0.05, 0.1) is 77.7 Å². The Morgan fingerprint density at radius 1 is 0.895 bits per heavy atom. The number of nitrogens with two attached hydrogens (primary N) is 2. The maximum Gasteiger partial charge on any atom is 0.253 e. The highest BCUT2D eigenvalue weighted by Gasteiger charge is 2.38. The number of anilines is 1. The van der Waals surface area contributed by atoms with Crippen LogP contribution in [0.15, 0.2) is 66.9 Å². The Bertz CT molecular complexity index is 1780. The summed E-state index contributed by atoms with van der Waals surface area (Å²) in [4.78, 5) is 57.5. The molecule has 1 atom stereocenters. The lowest BCUT2D eigenvalue weighted by Gasteiger charge is -2.40. The van der Waals surface area contributed by atoms with Gasteiger partial charge in [0.15, 0.2) is 0 Å². The molecule has 0 spiro atoms. The van der Waals surface area contributed by atoms with Crippen LogP contribution in [0.5, 0.6) is 0 Å². The summed E-state index contributed by atoms with van der Waals surface area (Å²) in [5.74, 6) is -1.22. The quantitative estimate of drug-likeness (QED) is 0.0649. The Labute approximate surface area is 333 Å². The standard InChI is InChI=1S/C41H56FN7O8/c1-41(2,3)39(40-46-34(32-26-31(44)10-11-33(32)42)29-47(40)28-30-8-5-4-6-9-30)49(16-7-15-43)38(53)27-45-35(50)14-18-54-20-22-56-24-25-57-23-21-55-19-17-48-36(51)12-13-37(48)52/h4-6,8-13,26,29,39H,7,14-25,27-28,43-44H2,1-3H3,(H,45,50). The van der Waals surface area contributed by atoms with E-state index < -0.39 is 17.3 Å². The molecule has 0 saturated carbocycles. The number of halogens is 1. The highest BCUT2D eigenvalue weighted by atomic mass is 19.1. The Balaban J connectivity index is 1.24. The lowest BCUT2D eigenvalue weighted by atomic mass is 9.84. The summed E-state index contributed by atoms with van der Waals surface area (Å²) in [6, 6.07) is 13.6. The Morgan fingerprint density at radius 2 is 1.51 bits per heavy atom. The van der Waals surface area contributed by atoms with E-state index >= 15 is 4.39 Å². The number of imidazole rings is 1. The third kappa shape index (κ3) is 14.2. The van der Waals surface area contributed by atoms with Gasteiger partial charge in [-0.25, -0.2) is 9.37 Å². The third-order valence-electron chi connectivity index (χ3n) is 8.96. The molecule has 4 amide bonds. The second kappa shape index (κ2) is 22.7. The minimum Gasteiger partial charge on any atom is -0.399 e. The Kier molecular flexibility index (Phi) is 17.8. The number of carbonyl (C=O) groups excluding carboxylic acids is 4. The Morgan fingerprint density at radius 3 is 2.12 bits per heavy atom. The molecule has 0 fully saturated rings. The highest BCUT2D eigenvalue weighted by Crippen LogP contribution is 2.39. The molecule has 0 radical (unpaired) electrons. The molecule has 57 heavy (non-hydrogen) atoms. The van der Waals surface area contributed by atoms with Crippen molar-refractivity contribution >= 4 is 29.3 Å². The van der Waals surface area contributed by atoms with Gasteiger partial charge >= 0.3 is 0 Å². The van der Waals surface area contributed by atoms with Gasteiger partial charge in [-0.05, 0) is 42.1 Å². The van der Waals surface area contributed by atoms with Gasteiger partial charge in [-0.15, -0.1) is 0 Å². The van der Waals surface area contributed by atoms with Crippen LogP contribution in [0.2, 0.25) is 0 Å². The second-order valence-electron chi connectivity index (χ2n) is 14.5. The van der Waals surface area contributed by atoms with E-state index in [-0.39, 0.29) is 68.5 Å². The lowest BCUT2D eigenvalue weighted by Crippen LogP contribution is -2.47. The van der Waals surface area contributed by atoms with Gasteiger partial charge in [-0.3, -0.25) is 24.1 Å². The molecule has 2 aromatic carbocycles. The van der Waals surface area contributed by atoms with Crippen molar-refractivity contribution in [2.45, 2.75) is 46.2 Å². The van der Waals surface area contributed by atoms with E-state index in [1.54, 1.807) is 17.2 Å². The number of ether oxygens (including phenoxy) is 4. The van der Waals surface area contributed by atoms with Crippen molar-refractivity contribution in [3.05, 3.63) is 84.1 Å². The first-order chi connectivity index (χ1) is 27.4. The fourth-order valence-electron chi connectivity index (χ4n) is 6.18. The van der Waals surface area contributed by atoms with E-state index in [1.807, 2.05) is 55.7 Å². The van der Waals surface area contributed by atoms with Gasteiger partial charge in [-0.1, -0.05) is 51.1 Å². The van der Waals surface area contributed by atoms with Crippen molar-refractivity contribution in [1.82, 2.24) is 24.7 Å². The molecule has 1 aromatic heterocycles. The molecule has 1 aliphatic rings. The molecule has 1 unspecified atom stereocenters. The van der Waals surface area contributed by atoms with Crippen LogP contribution in [-0.4, -0.2) is 122 Å². The molecule has 15 nitrogen and oxygen atoms in total. The lowest BCUT2D eigenvalue weighted by molar-refractivity contribution is -0.138. The summed E-state index contributed by atoms with van der Waals surface area (Å²) < 4.78 is 38.9. The number of nitrogen functional groups attached to an aromatic ring is 1. The molecule has 5 N–H and O–H groups in total. The van der Waals surface area contributed by atoms with Crippen LogP contribution >= 0.6 is 0 Å². The first-order valence-corrected chi connectivity index (χ1v) is 19.2. The van der Waals surface area contributed by atoms with Gasteiger partial charge in [0, 0.05) is 49.1 Å². The van der Waals surface area contributed by atoms with E-state index in [1.165, 1.54) is 24.3 Å². The largest absolute Gasteiger partial charge is 0.399 e. The highest BCUT2D eigenvalue weighted by molar-refractivity contribution is 6.12. The maximum absolute atomic E-state index is 15.1. The number of benzene rings is 2. The molecule has 0 aliphatic carbocycles. The van der Waals surface area contributed by atoms with Crippen molar-refractivity contribution in [3.8, 4) is 11.3 Å². The number of nitrogens with one attached hydrogen (secondary N) is 1. The number of nitrogens with zero attached hydrogens (tertiary/aromatic N) is 4. The van der Waals surface area contributed by atoms with Crippen LogP contribution in [0.3, 0.4) is 0 Å². The van der Waals surface area contributed by atoms with Crippen LogP contribution in [0.25, 0.3) is 11.3 Å². The predicted octanol–water partition coefficient (Wildman–Crippen LogP) is 3.08. The molecule has 4 rings (SSSR count). The molecule has 2 heterocycles. The molecular formula is C41H56FN7O8. The third-order valence-corrected chi connectivity index (χ3v) is 8.96. The summed E-state index contributed by atoms with van der Waals surface area (Å²) in [7, 11) is 0. The predicted molar refractivity (Wildman–Crippen MR) is 212 cm³/mol. The van der Waals surface area contributed by atoms with Crippen LogP contribution < -0.4 is 16.8 Å². The van der Waals surface area contributed by atoms with Crippen LogP contribution in [-0.2, 0) is 44.7 Å². The first-order valence-electron chi connectivity index (χ1n) is 19.2. The molecule has 1 aliphatic heterocycles. The topological polar surface area (TPSA) is 194 Å². The number of carbonyl (C=O) groups is 4. The number of aromatic nitrogens is 2. The van der Waals surface area contributed by atoms with Crippen LogP contribution in [0.4, 0.5) is 10.1 Å². The monoisotopic (exact) mass is 793 g/mol. The minimum absolute atomic E-state index is 0.0507. The van der Waals surface area contributed by atoms with Gasteiger partial charge < -0.3 is 45.2 Å². The second-order valence-corrected chi connectivity index (χ2v) is 14.5. The van der Waals surface area contributed by atoms with E-state index in [2.05, 4.69) is 5.32 Å². The minimum atomic E-state index is -0.569. The van der Waals surface area contributed by atoms with Gasteiger partial charge in [0.25, 0.3) is 11.8 Å². The molecule has 310 valence electrons. The number of hydrogen-bond acceptors (Lipinski definition) is 11. The average Bonchev–Trinajstić information content (AvgIpc) is 3.73. The van der Waals surface area contributed by atoms with Crippen molar-refractivity contribution in [3.63, 3.8) is 0 Å². The zero-order valence-corrected chi connectivity index (χ0v) is 33.1. The normalized spacial score (nSPS) is 13.4. The van der Waals surface area contributed by atoms with Crippen molar-refractivity contribution in [1.29, 1.82) is 0 Å². The van der Waals surface area contributed by atoms with Gasteiger partial charge in [0.1, 0.15) is 11.6 Å². The fraction of sp³-hybridized carbons (Fsp3) is 0.488. The average molecular weight is 794 g/mol. The Hall–Kier alpha value is -5.00. The van der Waals surface area contributed by atoms with Crippen molar-refractivity contribution in [2.75, 3.05) is 84.8 Å². The fourth-order valence-corrected chi connectivity index (χ4v) is 6.18. The summed E-state index contributed by atoms with van der Waals surface area (Å²) >= 11 is 0. The summed E-state index contributed by atoms with van der Waals surface area (Å²) in [6.07, 6.45) is 4.83. The molecular weight excluding hydrogens is 737 g/mol. The van der Waals surface area contributed by atoms with E-state index in [0.717, 1.165) is 10.5 Å². The summed E-state index contributed by atoms with van der Waals surface area (Å²) in [5.41, 5.74) is 13.5. The summed E-state index contributed by atoms with van der Waals surface area (Å²) in [5, 5.41) is 2.73. The number of hydrogen-bond donors (Lipinski definition) is 3. The smallest absolute Gasteiger partial charge is 0.253 e. The maximum atomic E-state index is 15.1.